The molecule has 29 heteroatoms. The minimum atomic E-state index is -1.42. The molecule has 0 unspecified atom stereocenters. The van der Waals surface area contributed by atoms with E-state index in [0.717, 1.165) is 0 Å². The summed E-state index contributed by atoms with van der Waals surface area (Å²) < 4.78 is 0. The fraction of sp³-hybridized carbons (Fsp3) is 0.759. The van der Waals surface area contributed by atoms with E-state index in [1.54, 1.807) is 41.5 Å². The van der Waals surface area contributed by atoms with Crippen molar-refractivity contribution >= 4 is 82.8 Å². The maximum Gasteiger partial charge on any atom is 0.326 e. The van der Waals surface area contributed by atoms with Crippen molar-refractivity contribution in [2.24, 2.45) is 52.7 Å². The zero-order chi connectivity index (χ0) is 66.3. The van der Waals surface area contributed by atoms with Gasteiger partial charge in [-0.25, -0.2) is 4.79 Å². The Bertz CT molecular complexity index is 2450. The van der Waals surface area contributed by atoms with E-state index in [9.17, 15) is 72.2 Å². The van der Waals surface area contributed by atoms with Gasteiger partial charge in [0.1, 0.15) is 60.4 Å². The number of carboxylic acid groups (broad SMARTS) is 1. The SMILES string of the molecule is CC(C)C[C@H](NC(=O)[C@H](C)NC(=O)[C@@H]1CCCN1C(=O)[C@H](CC(C)C)NC(=O)[C@@H](NC(=O)CNC(=O)[C@H](CCC(N)=O)NC(=O)[C@@H](N)CC(C)C)C(C)C)C(=O)N1CCC[C@H]1C(=O)N[C@@H](CCC(N)=O)C(=O)N[C@H](C(=O)N[C@H](C(=O)O)C(C)C)C(C)C. The maximum absolute atomic E-state index is 14.4. The number of likely N-dealkylation sites (tertiary alicyclic amines) is 2. The van der Waals surface area contributed by atoms with E-state index in [1.807, 2.05) is 41.5 Å². The molecule has 2 aliphatic heterocycles. The Morgan fingerprint density at radius 1 is 0.448 bits per heavy atom. The fourth-order valence-corrected chi connectivity index (χ4v) is 10.2. The standard InChI is InChI=1S/C58H100N14O15/c1-28(2)24-35(59)49(77)64-36(18-20-42(60)73)50(78)62-27-44(75)68-45(31(7)8)54(82)67-39(26-30(5)6)57(85)71-22-14-16-40(71)52(80)63-34(13)48(76)66-38(25-29(3)4)56(84)72-23-15-17-41(72)53(81)65-37(19-21-43(61)74)51(79)69-46(32(9)10)55(83)70-47(33(11)12)58(86)87/h28-41,45-47H,14-27,59H2,1-13H3,(H2,60,73)(H2,61,74)(H,62,78)(H,63,80)(H,64,77)(H,65,81)(H,66,76)(H,67,82)(H,68,75)(H,69,79)(H,70,83)(H,86,87)/t34-,35-,36-,37-,38-,39-,40-,41-,45-,46-,47-/m0/s1. The molecule has 0 radical (unpaired) electrons. The number of rotatable bonds is 36. The lowest BCUT2D eigenvalue weighted by Gasteiger charge is -2.32. The molecule has 0 spiro atoms. The van der Waals surface area contributed by atoms with E-state index in [-0.39, 0.29) is 82.2 Å². The summed E-state index contributed by atoms with van der Waals surface area (Å²) in [5, 5.41) is 33.0. The molecular formula is C58H100N14O15. The summed E-state index contributed by atoms with van der Waals surface area (Å²) in [5.41, 5.74) is 16.7. The number of nitrogens with one attached hydrogen (secondary N) is 9. The first-order valence-electron chi connectivity index (χ1n) is 30.3. The quantitative estimate of drug-likeness (QED) is 0.0324. The van der Waals surface area contributed by atoms with Gasteiger partial charge in [-0.15, -0.1) is 0 Å². The summed E-state index contributed by atoms with van der Waals surface area (Å²) in [6.07, 6.45) is 0.649. The van der Waals surface area contributed by atoms with Gasteiger partial charge < -0.3 is 80.0 Å². The van der Waals surface area contributed by atoms with E-state index in [1.165, 1.54) is 16.7 Å². The number of nitrogens with two attached hydrogens (primary N) is 3. The Labute approximate surface area is 510 Å². The lowest BCUT2D eigenvalue weighted by molar-refractivity contribution is -0.144. The van der Waals surface area contributed by atoms with Crippen LogP contribution in [-0.4, -0.2) is 184 Å². The molecule has 29 nitrogen and oxygen atoms in total. The van der Waals surface area contributed by atoms with Crippen molar-refractivity contribution in [3.63, 3.8) is 0 Å². The van der Waals surface area contributed by atoms with E-state index < -0.39 is 174 Å². The number of amides is 13. The molecule has 0 aromatic carbocycles. The van der Waals surface area contributed by atoms with Crippen LogP contribution < -0.4 is 65.1 Å². The normalized spacial score (nSPS) is 18.1. The fourth-order valence-electron chi connectivity index (χ4n) is 10.2. The molecule has 2 fully saturated rings. The minimum Gasteiger partial charge on any atom is -0.480 e. The van der Waals surface area contributed by atoms with Gasteiger partial charge in [0.2, 0.25) is 76.8 Å². The van der Waals surface area contributed by atoms with E-state index in [2.05, 4.69) is 47.9 Å². The highest BCUT2D eigenvalue weighted by Crippen LogP contribution is 2.23. The lowest BCUT2D eigenvalue weighted by atomic mass is 9.99. The molecule has 0 bridgehead atoms. The third-order valence-corrected chi connectivity index (χ3v) is 14.9. The Hall–Kier alpha value is -7.46. The van der Waals surface area contributed by atoms with Gasteiger partial charge in [0, 0.05) is 25.9 Å². The molecule has 2 aliphatic rings. The lowest BCUT2D eigenvalue weighted by Crippen LogP contribution is -2.60. The van der Waals surface area contributed by atoms with Gasteiger partial charge in [-0.3, -0.25) is 62.3 Å². The van der Waals surface area contributed by atoms with Crippen molar-refractivity contribution in [3.05, 3.63) is 0 Å². The topological polar surface area (TPSA) is 452 Å². The van der Waals surface area contributed by atoms with Gasteiger partial charge in [-0.05, 0) is 100 Å². The number of carbonyl (C=O) groups is 14. The van der Waals surface area contributed by atoms with E-state index >= 15 is 0 Å². The second-order valence-electron chi connectivity index (χ2n) is 25.2. The largest absolute Gasteiger partial charge is 0.480 e. The van der Waals surface area contributed by atoms with Crippen LogP contribution in [0.1, 0.15) is 161 Å². The van der Waals surface area contributed by atoms with Crippen LogP contribution in [-0.2, 0) is 67.1 Å². The van der Waals surface area contributed by atoms with Crippen LogP contribution in [0.2, 0.25) is 0 Å². The van der Waals surface area contributed by atoms with Crippen LogP contribution >= 0.6 is 0 Å². The summed E-state index contributed by atoms with van der Waals surface area (Å²) in [5.74, 6) is -12.6. The molecule has 2 saturated heterocycles. The Balaban J connectivity index is 2.23. The third kappa shape index (κ3) is 25.0. The summed E-state index contributed by atoms with van der Waals surface area (Å²) in [7, 11) is 0. The molecule has 2 heterocycles. The van der Waals surface area contributed by atoms with Gasteiger partial charge >= 0.3 is 5.97 Å². The zero-order valence-electron chi connectivity index (χ0n) is 53.0. The van der Waals surface area contributed by atoms with Crippen molar-refractivity contribution in [3.8, 4) is 0 Å². The minimum absolute atomic E-state index is 0.0712. The molecular weight excluding hydrogens is 1130 g/mol. The number of carbonyl (C=O) groups excluding carboxylic acids is 13. The van der Waals surface area contributed by atoms with Crippen molar-refractivity contribution in [2.45, 2.75) is 227 Å². The number of carboxylic acids is 1. The predicted molar refractivity (Wildman–Crippen MR) is 319 cm³/mol. The van der Waals surface area contributed by atoms with Crippen LogP contribution in [0.15, 0.2) is 0 Å². The maximum atomic E-state index is 14.4. The number of aliphatic carboxylic acids is 1. The van der Waals surface area contributed by atoms with Gasteiger partial charge in [0.15, 0.2) is 0 Å². The van der Waals surface area contributed by atoms with Gasteiger partial charge in [0.25, 0.3) is 0 Å². The number of hydrogen-bond donors (Lipinski definition) is 13. The molecule has 87 heavy (non-hydrogen) atoms. The first kappa shape index (κ1) is 75.6. The van der Waals surface area contributed by atoms with Crippen molar-refractivity contribution in [1.82, 2.24) is 57.7 Å². The summed E-state index contributed by atoms with van der Waals surface area (Å²) >= 11 is 0. The van der Waals surface area contributed by atoms with Gasteiger partial charge in [-0.1, -0.05) is 83.1 Å². The number of nitrogens with zero attached hydrogens (tertiary/aromatic N) is 2. The number of primary amides is 2. The first-order valence-corrected chi connectivity index (χ1v) is 30.3. The van der Waals surface area contributed by atoms with Crippen molar-refractivity contribution < 1.29 is 72.2 Å². The smallest absolute Gasteiger partial charge is 0.326 e. The van der Waals surface area contributed by atoms with Crippen LogP contribution in [0.5, 0.6) is 0 Å². The highest BCUT2D eigenvalue weighted by atomic mass is 16.4. The van der Waals surface area contributed by atoms with E-state index in [4.69, 9.17) is 17.2 Å². The Morgan fingerprint density at radius 3 is 1.26 bits per heavy atom. The van der Waals surface area contributed by atoms with Crippen LogP contribution in [0.3, 0.4) is 0 Å². The second-order valence-corrected chi connectivity index (χ2v) is 25.2. The molecule has 16 N–H and O–H groups in total. The molecule has 11 atom stereocenters. The van der Waals surface area contributed by atoms with Crippen molar-refractivity contribution in [2.75, 3.05) is 19.6 Å². The zero-order valence-corrected chi connectivity index (χ0v) is 53.0. The van der Waals surface area contributed by atoms with Crippen LogP contribution in [0.25, 0.3) is 0 Å². The molecule has 2 rings (SSSR count). The second kappa shape index (κ2) is 36.0. The molecule has 0 aromatic rings. The monoisotopic (exact) mass is 1230 g/mol. The van der Waals surface area contributed by atoms with Gasteiger partial charge in [-0.2, -0.15) is 0 Å². The van der Waals surface area contributed by atoms with Crippen LogP contribution in [0, 0.1) is 35.5 Å². The highest BCUT2D eigenvalue weighted by Gasteiger charge is 2.43. The summed E-state index contributed by atoms with van der Waals surface area (Å²) in [4.78, 5) is 189. The molecule has 0 aliphatic carbocycles. The van der Waals surface area contributed by atoms with Crippen LogP contribution in [0.4, 0.5) is 0 Å². The average Bonchev–Trinajstić information content (AvgIpc) is 3.64. The Kier molecular flexibility index (Phi) is 31.3. The Morgan fingerprint density at radius 2 is 0.839 bits per heavy atom. The first-order chi connectivity index (χ1) is 40.5. The molecule has 492 valence electrons. The van der Waals surface area contributed by atoms with E-state index in [0.29, 0.717) is 19.3 Å². The average molecular weight is 1230 g/mol. The number of hydrogen-bond acceptors (Lipinski definition) is 15. The molecule has 0 aromatic heterocycles. The van der Waals surface area contributed by atoms with Crippen molar-refractivity contribution in [1.29, 1.82) is 0 Å². The highest BCUT2D eigenvalue weighted by molar-refractivity contribution is 5.99. The van der Waals surface area contributed by atoms with Gasteiger partial charge in [0.05, 0.1) is 12.6 Å². The molecule has 13 amide bonds. The molecule has 0 saturated carbocycles. The predicted octanol–water partition coefficient (Wildman–Crippen LogP) is -1.97. The third-order valence-electron chi connectivity index (χ3n) is 14.9. The summed E-state index contributed by atoms with van der Waals surface area (Å²) in [6.45, 7) is 21.8. The summed E-state index contributed by atoms with van der Waals surface area (Å²) in [6, 6.07) is -13.2.